The average Bonchev–Trinajstić information content (AvgIpc) is 2.71. The van der Waals surface area contributed by atoms with Crippen molar-refractivity contribution in [3.05, 3.63) is 74.9 Å². The van der Waals surface area contributed by atoms with Gasteiger partial charge in [0, 0.05) is 0 Å². The van der Waals surface area contributed by atoms with E-state index < -0.39 is 0 Å². The summed E-state index contributed by atoms with van der Waals surface area (Å²) in [5.41, 5.74) is 14.2. The topological polar surface area (TPSA) is 0 Å². The molecule has 0 fully saturated rings. The Morgan fingerprint density at radius 2 is 1.38 bits per heavy atom. The van der Waals surface area contributed by atoms with Crippen LogP contribution in [0.15, 0.2) is 41.5 Å². The Balaban J connectivity index is 2.52. The molecular weight excluding hydrogens is 312 g/mol. The first-order valence-corrected chi connectivity index (χ1v) is 9.80. The highest BCUT2D eigenvalue weighted by atomic mass is 14.5. The summed E-state index contributed by atoms with van der Waals surface area (Å²) in [6.45, 7) is 25.4. The van der Waals surface area contributed by atoms with Crippen molar-refractivity contribution in [2.45, 2.75) is 74.1 Å². The number of allylic oxidation sites excluding steroid dienone is 7. The van der Waals surface area contributed by atoms with Crippen LogP contribution in [0, 0.1) is 33.1 Å². The SMILES string of the molecule is C=C1CC2=CC(C)(C)C(C)(C)c3c(C)c(C)c(C)c(C)c3C2=CC=C1C. The van der Waals surface area contributed by atoms with Crippen LogP contribution in [0.2, 0.25) is 0 Å². The van der Waals surface area contributed by atoms with Gasteiger partial charge in [-0.1, -0.05) is 52.5 Å². The standard InChI is InChI=1S/C26H34/c1-15-11-12-22-21(13-16(15)2)14-25(7,8)26(9,10)24-20(6)18(4)17(3)19(5)23(22)24/h11-12,14H,2,13H2,1,3-10H3. The fourth-order valence-electron chi connectivity index (χ4n) is 4.64. The Morgan fingerprint density at radius 3 is 2.00 bits per heavy atom. The van der Waals surface area contributed by atoms with Crippen LogP contribution < -0.4 is 0 Å². The van der Waals surface area contributed by atoms with Crippen molar-refractivity contribution in [3.63, 3.8) is 0 Å². The Hall–Kier alpha value is -1.82. The van der Waals surface area contributed by atoms with Gasteiger partial charge in [-0.05, 0) is 108 Å². The molecule has 0 N–H and O–H groups in total. The second-order valence-electron chi connectivity index (χ2n) is 9.48. The summed E-state index contributed by atoms with van der Waals surface area (Å²) in [5.74, 6) is 0. The first kappa shape index (κ1) is 19.0. The van der Waals surface area contributed by atoms with E-state index in [4.69, 9.17) is 0 Å². The van der Waals surface area contributed by atoms with Gasteiger partial charge in [0.1, 0.15) is 0 Å². The quantitative estimate of drug-likeness (QED) is 0.457. The van der Waals surface area contributed by atoms with Crippen LogP contribution in [0.1, 0.15) is 74.4 Å². The van der Waals surface area contributed by atoms with Crippen molar-refractivity contribution >= 4 is 5.57 Å². The average molecular weight is 347 g/mol. The molecule has 0 bridgehead atoms. The van der Waals surface area contributed by atoms with Crippen LogP contribution in [0.4, 0.5) is 0 Å². The molecule has 0 radical (unpaired) electrons. The zero-order valence-corrected chi connectivity index (χ0v) is 18.1. The van der Waals surface area contributed by atoms with Crippen molar-refractivity contribution in [1.29, 1.82) is 0 Å². The van der Waals surface area contributed by atoms with Crippen LogP contribution in [-0.2, 0) is 5.41 Å². The van der Waals surface area contributed by atoms with Gasteiger partial charge in [0.05, 0.1) is 0 Å². The number of hydrogen-bond donors (Lipinski definition) is 0. The van der Waals surface area contributed by atoms with Crippen LogP contribution in [0.3, 0.4) is 0 Å². The first-order valence-electron chi connectivity index (χ1n) is 9.80. The van der Waals surface area contributed by atoms with Crippen LogP contribution >= 0.6 is 0 Å². The lowest BCUT2D eigenvalue weighted by Gasteiger charge is -2.42. The molecule has 3 rings (SSSR count). The van der Waals surface area contributed by atoms with Gasteiger partial charge in [-0.15, -0.1) is 0 Å². The zero-order chi connectivity index (χ0) is 19.6. The molecule has 1 aromatic rings. The molecule has 0 unspecified atom stereocenters. The molecule has 0 heterocycles. The molecule has 1 aromatic carbocycles. The highest BCUT2D eigenvalue weighted by molar-refractivity contribution is 5.88. The van der Waals surface area contributed by atoms with Gasteiger partial charge in [0.25, 0.3) is 0 Å². The number of rotatable bonds is 0. The van der Waals surface area contributed by atoms with Gasteiger partial charge in [-0.3, -0.25) is 0 Å². The van der Waals surface area contributed by atoms with E-state index in [1.54, 1.807) is 0 Å². The van der Waals surface area contributed by atoms with Crippen LogP contribution in [0.5, 0.6) is 0 Å². The Labute approximate surface area is 160 Å². The third-order valence-electron chi connectivity index (χ3n) is 7.54. The fourth-order valence-corrected chi connectivity index (χ4v) is 4.64. The maximum absolute atomic E-state index is 4.35. The monoisotopic (exact) mass is 346 g/mol. The van der Waals surface area contributed by atoms with E-state index in [1.807, 2.05) is 0 Å². The predicted molar refractivity (Wildman–Crippen MR) is 116 cm³/mol. The highest BCUT2D eigenvalue weighted by Crippen LogP contribution is 2.53. The van der Waals surface area contributed by atoms with E-state index in [0.29, 0.717) is 0 Å². The Kier molecular flexibility index (Phi) is 4.26. The van der Waals surface area contributed by atoms with E-state index in [1.165, 1.54) is 55.7 Å². The lowest BCUT2D eigenvalue weighted by Crippen LogP contribution is -2.36. The summed E-state index contributed by atoms with van der Waals surface area (Å²) in [7, 11) is 0. The Morgan fingerprint density at radius 1 is 0.808 bits per heavy atom. The third-order valence-corrected chi connectivity index (χ3v) is 7.54. The van der Waals surface area contributed by atoms with Crippen molar-refractivity contribution in [3.8, 4) is 0 Å². The summed E-state index contributed by atoms with van der Waals surface area (Å²) >= 11 is 0. The molecule has 0 saturated heterocycles. The molecule has 0 heteroatoms. The number of benzene rings is 1. The highest BCUT2D eigenvalue weighted by Gasteiger charge is 2.43. The fraction of sp³-hybridized carbons (Fsp3) is 0.462. The second-order valence-corrected chi connectivity index (χ2v) is 9.48. The lowest BCUT2D eigenvalue weighted by molar-refractivity contribution is 0.266. The lowest BCUT2D eigenvalue weighted by atomic mass is 9.62. The number of fused-ring (bicyclic) bond motifs is 3. The molecule has 0 nitrogen and oxygen atoms in total. The van der Waals surface area contributed by atoms with Crippen molar-refractivity contribution in [2.75, 3.05) is 0 Å². The first-order chi connectivity index (χ1) is 11.9. The molecule has 2 aliphatic rings. The molecule has 0 aliphatic heterocycles. The zero-order valence-electron chi connectivity index (χ0n) is 18.1. The maximum atomic E-state index is 4.35. The smallest absolute Gasteiger partial charge is 0.000878 e. The summed E-state index contributed by atoms with van der Waals surface area (Å²) < 4.78 is 0. The van der Waals surface area contributed by atoms with Gasteiger partial charge < -0.3 is 0 Å². The van der Waals surface area contributed by atoms with E-state index in [9.17, 15) is 0 Å². The maximum Gasteiger partial charge on any atom is -0.000878 e. The largest absolute Gasteiger partial charge is 0.0952 e. The summed E-state index contributed by atoms with van der Waals surface area (Å²) in [6, 6.07) is 0. The van der Waals surface area contributed by atoms with E-state index in [0.717, 1.165) is 6.42 Å². The van der Waals surface area contributed by atoms with Gasteiger partial charge in [-0.2, -0.15) is 0 Å². The summed E-state index contributed by atoms with van der Waals surface area (Å²) in [5, 5.41) is 0. The van der Waals surface area contributed by atoms with Crippen molar-refractivity contribution < 1.29 is 0 Å². The summed E-state index contributed by atoms with van der Waals surface area (Å²) in [6.07, 6.45) is 8.08. The van der Waals surface area contributed by atoms with Crippen LogP contribution in [0.25, 0.3) is 5.57 Å². The molecule has 0 amide bonds. The Bertz CT molecular complexity index is 908. The van der Waals surface area contributed by atoms with E-state index >= 15 is 0 Å². The molecule has 26 heavy (non-hydrogen) atoms. The molecule has 138 valence electrons. The molecule has 2 aliphatic carbocycles. The summed E-state index contributed by atoms with van der Waals surface area (Å²) in [4.78, 5) is 0. The molecular formula is C26H34. The van der Waals surface area contributed by atoms with Gasteiger partial charge >= 0.3 is 0 Å². The van der Waals surface area contributed by atoms with E-state index in [-0.39, 0.29) is 10.8 Å². The minimum atomic E-state index is 0.0514. The molecule has 0 aromatic heterocycles. The van der Waals surface area contributed by atoms with E-state index in [2.05, 4.69) is 87.1 Å². The molecule has 0 atom stereocenters. The number of hydrogen-bond acceptors (Lipinski definition) is 0. The predicted octanol–water partition coefficient (Wildman–Crippen LogP) is 7.45. The van der Waals surface area contributed by atoms with Gasteiger partial charge in [-0.25, -0.2) is 0 Å². The second kappa shape index (κ2) is 5.84. The van der Waals surface area contributed by atoms with Crippen LogP contribution in [-0.4, -0.2) is 0 Å². The van der Waals surface area contributed by atoms with Crippen molar-refractivity contribution in [2.24, 2.45) is 5.41 Å². The third kappa shape index (κ3) is 2.49. The van der Waals surface area contributed by atoms with Gasteiger partial charge in [0.2, 0.25) is 0 Å². The molecule has 0 saturated carbocycles. The minimum absolute atomic E-state index is 0.0514. The van der Waals surface area contributed by atoms with Gasteiger partial charge in [0.15, 0.2) is 0 Å². The molecule has 0 spiro atoms. The minimum Gasteiger partial charge on any atom is -0.0952 e. The normalized spacial score (nSPS) is 21.0. The van der Waals surface area contributed by atoms with Crippen molar-refractivity contribution in [1.82, 2.24) is 0 Å².